The Hall–Kier alpha value is -1.52. The number of nitrogens with one attached hydrogen (secondary N) is 1. The molecule has 0 aliphatic carbocycles. The van der Waals surface area contributed by atoms with Gasteiger partial charge in [-0.3, -0.25) is 14.9 Å². The third kappa shape index (κ3) is 3.57. The smallest absolute Gasteiger partial charge is 0.242 e. The zero-order chi connectivity index (χ0) is 19.7. The molecule has 150 valence electrons. The second kappa shape index (κ2) is 8.46. The van der Waals surface area contributed by atoms with E-state index in [1.807, 2.05) is 24.3 Å². The van der Waals surface area contributed by atoms with E-state index < -0.39 is 17.6 Å². The highest BCUT2D eigenvalue weighted by Gasteiger charge is 2.45. The topological polar surface area (TPSA) is 81.0 Å². The number of ketones is 1. The molecule has 0 radical (unpaired) electrons. The molecule has 9 heteroatoms. The normalized spacial score (nSPS) is 25.1. The number of hydrogen-bond donors (Lipinski definition) is 1. The van der Waals surface area contributed by atoms with E-state index in [2.05, 4.69) is 5.32 Å². The van der Waals surface area contributed by atoms with Crippen molar-refractivity contribution in [2.45, 2.75) is 23.6 Å². The molecule has 1 aromatic carbocycles. The maximum absolute atomic E-state index is 13.3. The number of carbonyl (C=O) groups is 2. The Kier molecular flexibility index (Phi) is 5.98. The number of amides is 1. The first kappa shape index (κ1) is 19.8. The molecule has 0 saturated carbocycles. The van der Waals surface area contributed by atoms with Gasteiger partial charge in [0.15, 0.2) is 12.1 Å². The molecule has 3 atom stereocenters. The number of nitrogens with zero attached hydrogens (tertiary/aromatic N) is 1. The number of furan rings is 1. The predicted octanol–water partition coefficient (Wildman–Crippen LogP) is 2.17. The summed E-state index contributed by atoms with van der Waals surface area (Å²) in [5.74, 6) is 1.86. The van der Waals surface area contributed by atoms with Crippen LogP contribution in [0.2, 0.25) is 0 Å². The van der Waals surface area contributed by atoms with Crippen molar-refractivity contribution in [1.82, 2.24) is 10.2 Å². The van der Waals surface area contributed by atoms with Gasteiger partial charge in [-0.15, -0.1) is 23.5 Å². The highest BCUT2D eigenvalue weighted by Crippen LogP contribution is 2.32. The minimum atomic E-state index is -0.596. The number of benzene rings is 1. The fourth-order valence-electron chi connectivity index (χ4n) is 3.62. The monoisotopic (exact) mass is 422 g/mol. The molecule has 1 unspecified atom stereocenters. The Labute approximate surface area is 171 Å². The number of para-hydroxylation sites is 1. The third-order valence-electron chi connectivity index (χ3n) is 5.04. The Balaban J connectivity index is 1.54. The largest absolute Gasteiger partial charge is 0.453 e. The molecule has 0 bridgehead atoms. The number of ether oxygens (including phenoxy) is 2. The summed E-state index contributed by atoms with van der Waals surface area (Å²) >= 11 is 3.09. The second-order valence-corrected chi connectivity index (χ2v) is 8.77. The zero-order valence-electron chi connectivity index (χ0n) is 15.6. The quantitative estimate of drug-likeness (QED) is 0.560. The maximum atomic E-state index is 13.3. The number of hydrogen-bond acceptors (Lipinski definition) is 8. The van der Waals surface area contributed by atoms with Gasteiger partial charge in [-0.25, -0.2) is 0 Å². The van der Waals surface area contributed by atoms with E-state index in [0.717, 1.165) is 11.1 Å². The highest BCUT2D eigenvalue weighted by molar-refractivity contribution is 8.01. The molecular formula is C19H22N2O5S2. The molecule has 0 spiro atoms. The molecule has 1 aromatic heterocycles. The van der Waals surface area contributed by atoms with Crippen molar-refractivity contribution in [3.63, 3.8) is 0 Å². The van der Waals surface area contributed by atoms with Crippen LogP contribution >= 0.6 is 23.5 Å². The SMILES string of the molecule is COC(OC)[C@@H]1CSCN1C(=O)[C@H]1NCSC1C(=O)c1cc2ccccc2o1. The molecule has 2 saturated heterocycles. The summed E-state index contributed by atoms with van der Waals surface area (Å²) in [6.45, 7) is 0. The molecule has 2 fully saturated rings. The van der Waals surface area contributed by atoms with Crippen molar-refractivity contribution in [3.8, 4) is 0 Å². The number of carbonyl (C=O) groups excluding carboxylic acids is 2. The summed E-state index contributed by atoms with van der Waals surface area (Å²) in [7, 11) is 3.13. The van der Waals surface area contributed by atoms with Crippen LogP contribution in [0, 0.1) is 0 Å². The van der Waals surface area contributed by atoms with E-state index in [9.17, 15) is 9.59 Å². The number of Topliss-reactive ketones (excluding diaryl/α,β-unsaturated/α-hetero) is 1. The predicted molar refractivity (Wildman–Crippen MR) is 109 cm³/mol. The van der Waals surface area contributed by atoms with E-state index >= 15 is 0 Å². The molecule has 4 rings (SSSR count). The number of thioether (sulfide) groups is 2. The lowest BCUT2D eigenvalue weighted by atomic mass is 10.1. The Morgan fingerprint density at radius 2 is 2.07 bits per heavy atom. The van der Waals surface area contributed by atoms with Crippen LogP contribution in [0.15, 0.2) is 34.7 Å². The molecule has 28 heavy (non-hydrogen) atoms. The highest BCUT2D eigenvalue weighted by atomic mass is 32.2. The zero-order valence-corrected chi connectivity index (χ0v) is 17.3. The number of methoxy groups -OCH3 is 2. The molecule has 7 nitrogen and oxygen atoms in total. The lowest BCUT2D eigenvalue weighted by Crippen LogP contribution is -2.54. The van der Waals surface area contributed by atoms with Crippen LogP contribution in [0.3, 0.4) is 0 Å². The van der Waals surface area contributed by atoms with Crippen LogP contribution in [-0.4, -0.2) is 71.9 Å². The second-order valence-electron chi connectivity index (χ2n) is 6.64. The number of rotatable bonds is 6. The molecular weight excluding hydrogens is 400 g/mol. The lowest BCUT2D eigenvalue weighted by molar-refractivity contribution is -0.156. The van der Waals surface area contributed by atoms with E-state index in [1.54, 1.807) is 36.9 Å². The fraction of sp³-hybridized carbons (Fsp3) is 0.474. The van der Waals surface area contributed by atoms with E-state index in [0.29, 0.717) is 23.1 Å². The van der Waals surface area contributed by atoms with Gasteiger partial charge in [0, 0.05) is 31.2 Å². The van der Waals surface area contributed by atoms with Gasteiger partial charge in [0.2, 0.25) is 11.7 Å². The molecule has 3 heterocycles. The summed E-state index contributed by atoms with van der Waals surface area (Å²) in [5, 5.41) is 3.53. The summed E-state index contributed by atoms with van der Waals surface area (Å²) in [4.78, 5) is 28.1. The van der Waals surface area contributed by atoms with Crippen LogP contribution in [-0.2, 0) is 14.3 Å². The van der Waals surface area contributed by atoms with Gasteiger partial charge in [-0.05, 0) is 12.1 Å². The molecule has 2 aromatic rings. The minimum absolute atomic E-state index is 0.103. The van der Waals surface area contributed by atoms with Crippen LogP contribution in [0.4, 0.5) is 0 Å². The molecule has 2 aliphatic heterocycles. The van der Waals surface area contributed by atoms with Gasteiger partial charge in [0.1, 0.15) is 11.6 Å². The first-order chi connectivity index (χ1) is 13.6. The van der Waals surface area contributed by atoms with Crippen molar-refractivity contribution in [1.29, 1.82) is 0 Å². The van der Waals surface area contributed by atoms with E-state index in [-0.39, 0.29) is 17.7 Å². The van der Waals surface area contributed by atoms with Crippen LogP contribution in [0.1, 0.15) is 10.6 Å². The van der Waals surface area contributed by atoms with Crippen LogP contribution in [0.5, 0.6) is 0 Å². The molecule has 1 amide bonds. The third-order valence-corrected chi connectivity index (χ3v) is 7.26. The maximum Gasteiger partial charge on any atom is 0.242 e. The summed E-state index contributed by atoms with van der Waals surface area (Å²) < 4.78 is 16.5. The van der Waals surface area contributed by atoms with Crippen molar-refractivity contribution >= 4 is 46.2 Å². The van der Waals surface area contributed by atoms with E-state index in [4.69, 9.17) is 13.9 Å². The van der Waals surface area contributed by atoms with Gasteiger partial charge in [-0.2, -0.15) is 0 Å². The van der Waals surface area contributed by atoms with Crippen molar-refractivity contribution in [2.24, 2.45) is 0 Å². The summed E-state index contributed by atoms with van der Waals surface area (Å²) in [6.07, 6.45) is -0.488. The van der Waals surface area contributed by atoms with Gasteiger partial charge >= 0.3 is 0 Å². The molecule has 1 N–H and O–H groups in total. The van der Waals surface area contributed by atoms with Gasteiger partial charge in [-0.1, -0.05) is 18.2 Å². The summed E-state index contributed by atoms with van der Waals surface area (Å²) in [6, 6.07) is 8.47. The lowest BCUT2D eigenvalue weighted by Gasteiger charge is -2.31. The average Bonchev–Trinajstić information content (AvgIpc) is 3.46. The standard InChI is InChI=1S/C19H22N2O5S2/c1-24-19(25-2)12-8-27-10-21(12)18(23)15-17(28-9-20-15)16(22)14-7-11-5-3-4-6-13(11)26-14/h3-7,12,15,17,19-20H,8-10H2,1-2H3/t12-,15-,17?/m0/s1. The van der Waals surface area contributed by atoms with Crippen molar-refractivity contribution < 1.29 is 23.5 Å². The average molecular weight is 423 g/mol. The van der Waals surface area contributed by atoms with Crippen molar-refractivity contribution in [3.05, 3.63) is 36.1 Å². The first-order valence-corrected chi connectivity index (χ1v) is 11.2. The summed E-state index contributed by atoms with van der Waals surface area (Å²) in [5.41, 5.74) is 0.670. The Morgan fingerprint density at radius 3 is 2.82 bits per heavy atom. The van der Waals surface area contributed by atoms with Gasteiger partial charge < -0.3 is 18.8 Å². The van der Waals surface area contributed by atoms with Crippen LogP contribution < -0.4 is 5.32 Å². The van der Waals surface area contributed by atoms with Crippen molar-refractivity contribution in [2.75, 3.05) is 31.7 Å². The Bertz CT molecular complexity index is 836. The van der Waals surface area contributed by atoms with E-state index in [1.165, 1.54) is 11.8 Å². The minimum Gasteiger partial charge on any atom is -0.453 e. The molecule has 2 aliphatic rings. The van der Waals surface area contributed by atoms with Gasteiger partial charge in [0.05, 0.1) is 17.2 Å². The van der Waals surface area contributed by atoms with Gasteiger partial charge in [0.25, 0.3) is 0 Å². The van der Waals surface area contributed by atoms with Crippen LogP contribution in [0.25, 0.3) is 11.0 Å². The number of fused-ring (bicyclic) bond motifs is 1. The Morgan fingerprint density at radius 1 is 1.29 bits per heavy atom. The fourth-order valence-corrected chi connectivity index (χ4v) is 5.94. The first-order valence-electron chi connectivity index (χ1n) is 8.95.